The van der Waals surface area contributed by atoms with E-state index in [4.69, 9.17) is 4.74 Å². The molecule has 0 amide bonds. The highest BCUT2D eigenvalue weighted by atomic mass is 32.2. The number of imidazole rings is 1. The minimum absolute atomic E-state index is 0.0134. The highest BCUT2D eigenvalue weighted by Crippen LogP contribution is 2.22. The summed E-state index contributed by atoms with van der Waals surface area (Å²) in [5, 5.41) is 0.671. The predicted octanol–water partition coefficient (Wildman–Crippen LogP) is 3.62. The van der Waals surface area contributed by atoms with Crippen molar-refractivity contribution >= 4 is 27.6 Å². The summed E-state index contributed by atoms with van der Waals surface area (Å²) in [6, 6.07) is 17.7. The van der Waals surface area contributed by atoms with Gasteiger partial charge >= 0.3 is 5.97 Å². The van der Waals surface area contributed by atoms with E-state index in [9.17, 15) is 13.2 Å². The average Bonchev–Trinajstić information content (AvgIpc) is 3.16. The van der Waals surface area contributed by atoms with Crippen molar-refractivity contribution in [2.45, 2.75) is 16.5 Å². The Morgan fingerprint density at radius 1 is 1.07 bits per heavy atom. The van der Waals surface area contributed by atoms with Crippen molar-refractivity contribution in [3.8, 4) is 5.69 Å². The van der Waals surface area contributed by atoms with Crippen molar-refractivity contribution in [2.75, 3.05) is 18.6 Å². The summed E-state index contributed by atoms with van der Waals surface area (Å²) < 4.78 is 31.6. The number of hydrogen-bond acceptors (Lipinski definition) is 6. The largest absolute Gasteiger partial charge is 0.461 e. The van der Waals surface area contributed by atoms with Crippen LogP contribution in [0.1, 0.15) is 16.9 Å². The number of carbonyl (C=O) groups is 1. The number of benzene rings is 2. The minimum Gasteiger partial charge on any atom is -0.461 e. The van der Waals surface area contributed by atoms with Crippen LogP contribution in [0.4, 0.5) is 0 Å². The molecular formula is C20H20N2O4S2. The van der Waals surface area contributed by atoms with E-state index < -0.39 is 15.8 Å². The molecule has 0 unspecified atom stereocenters. The van der Waals surface area contributed by atoms with E-state index >= 15 is 0 Å². The summed E-state index contributed by atoms with van der Waals surface area (Å²) in [5.41, 5.74) is 1.12. The van der Waals surface area contributed by atoms with E-state index in [1.807, 2.05) is 36.6 Å². The molecule has 2 aromatic carbocycles. The van der Waals surface area contributed by atoms with Gasteiger partial charge in [-0.3, -0.25) is 4.57 Å². The number of hydrogen-bond donors (Lipinski definition) is 0. The third-order valence-electron chi connectivity index (χ3n) is 4.03. The van der Waals surface area contributed by atoms with Gasteiger partial charge in [-0.2, -0.15) is 0 Å². The summed E-state index contributed by atoms with van der Waals surface area (Å²) in [4.78, 5) is 17.1. The summed E-state index contributed by atoms with van der Waals surface area (Å²) >= 11 is 1.42. The highest BCUT2D eigenvalue weighted by molar-refractivity contribution is 7.98. The Labute approximate surface area is 168 Å². The zero-order valence-electron chi connectivity index (χ0n) is 15.3. The van der Waals surface area contributed by atoms with Crippen molar-refractivity contribution in [3.05, 3.63) is 72.6 Å². The minimum atomic E-state index is -3.39. The first-order valence-electron chi connectivity index (χ1n) is 8.65. The van der Waals surface area contributed by atoms with Gasteiger partial charge in [0.25, 0.3) is 0 Å². The third kappa shape index (κ3) is 4.63. The van der Waals surface area contributed by atoms with E-state index in [2.05, 4.69) is 4.98 Å². The van der Waals surface area contributed by atoms with E-state index in [0.717, 1.165) is 5.69 Å². The Morgan fingerprint density at radius 3 is 2.36 bits per heavy atom. The zero-order valence-corrected chi connectivity index (χ0v) is 16.9. The maximum Gasteiger partial charge on any atom is 0.357 e. The number of nitrogens with zero attached hydrogens (tertiary/aromatic N) is 2. The SMILES string of the molecule is CSc1ncc(C(=O)OCCCS(=O)(=O)c2ccccc2)n1-c1ccccc1. The van der Waals surface area contributed by atoms with Gasteiger partial charge in [-0.15, -0.1) is 0 Å². The maximum absolute atomic E-state index is 12.5. The molecule has 0 saturated carbocycles. The van der Waals surface area contributed by atoms with Crippen LogP contribution in [0, 0.1) is 0 Å². The topological polar surface area (TPSA) is 78.3 Å². The molecule has 28 heavy (non-hydrogen) atoms. The number of ether oxygens (including phenoxy) is 1. The summed E-state index contributed by atoms with van der Waals surface area (Å²) in [7, 11) is -3.39. The van der Waals surface area contributed by atoms with Crippen molar-refractivity contribution in [1.29, 1.82) is 0 Å². The normalized spacial score (nSPS) is 11.3. The second-order valence-corrected chi connectivity index (χ2v) is 8.81. The number of para-hydroxylation sites is 1. The van der Waals surface area contributed by atoms with E-state index in [1.54, 1.807) is 34.9 Å². The number of aromatic nitrogens is 2. The number of thioether (sulfide) groups is 1. The number of esters is 1. The van der Waals surface area contributed by atoms with Crippen LogP contribution in [-0.4, -0.2) is 42.6 Å². The van der Waals surface area contributed by atoms with Crippen LogP contribution in [0.2, 0.25) is 0 Å². The lowest BCUT2D eigenvalue weighted by Gasteiger charge is -2.11. The lowest BCUT2D eigenvalue weighted by Crippen LogP contribution is -2.15. The summed E-state index contributed by atoms with van der Waals surface area (Å²) in [6.45, 7) is 0.0134. The molecule has 0 radical (unpaired) electrons. The van der Waals surface area contributed by atoms with Gasteiger partial charge in [0.2, 0.25) is 0 Å². The second-order valence-electron chi connectivity index (χ2n) is 5.92. The monoisotopic (exact) mass is 416 g/mol. The Morgan fingerprint density at radius 2 is 1.71 bits per heavy atom. The molecule has 0 aliphatic rings. The van der Waals surface area contributed by atoms with Gasteiger partial charge in [0.05, 0.1) is 23.5 Å². The number of carbonyl (C=O) groups excluding carboxylic acids is 1. The van der Waals surface area contributed by atoms with Crippen molar-refractivity contribution in [1.82, 2.24) is 9.55 Å². The average molecular weight is 417 g/mol. The van der Waals surface area contributed by atoms with Crippen LogP contribution in [0.5, 0.6) is 0 Å². The molecular weight excluding hydrogens is 396 g/mol. The molecule has 0 atom stereocenters. The smallest absolute Gasteiger partial charge is 0.357 e. The third-order valence-corrected chi connectivity index (χ3v) is 6.50. The van der Waals surface area contributed by atoms with Gasteiger partial charge < -0.3 is 4.74 Å². The highest BCUT2D eigenvalue weighted by Gasteiger charge is 2.19. The quantitative estimate of drug-likeness (QED) is 0.317. The molecule has 0 bridgehead atoms. The van der Waals surface area contributed by atoms with E-state index in [1.165, 1.54) is 18.0 Å². The van der Waals surface area contributed by atoms with Crippen LogP contribution < -0.4 is 0 Å². The lowest BCUT2D eigenvalue weighted by molar-refractivity contribution is 0.0495. The van der Waals surface area contributed by atoms with Gasteiger partial charge in [-0.05, 0) is 36.9 Å². The standard InChI is InChI=1S/C20H20N2O4S2/c1-27-20-21-15-18(22(20)16-9-4-2-5-10-16)19(23)26-13-8-14-28(24,25)17-11-6-3-7-12-17/h2-7,9-12,15H,8,13-14H2,1H3. The van der Waals surface area contributed by atoms with Crippen molar-refractivity contribution < 1.29 is 17.9 Å². The van der Waals surface area contributed by atoms with Gasteiger partial charge in [0, 0.05) is 5.69 Å². The van der Waals surface area contributed by atoms with Crippen LogP contribution in [-0.2, 0) is 14.6 Å². The molecule has 0 aliphatic carbocycles. The van der Waals surface area contributed by atoms with Crippen LogP contribution >= 0.6 is 11.8 Å². The van der Waals surface area contributed by atoms with Crippen LogP contribution in [0.3, 0.4) is 0 Å². The summed E-state index contributed by atoms with van der Waals surface area (Å²) in [6.07, 6.45) is 3.57. The molecule has 1 aromatic heterocycles. The molecule has 3 aromatic rings. The molecule has 1 heterocycles. The van der Waals surface area contributed by atoms with E-state index in [0.29, 0.717) is 10.9 Å². The van der Waals surface area contributed by atoms with Gasteiger partial charge in [-0.25, -0.2) is 18.2 Å². The fourth-order valence-corrected chi connectivity index (χ4v) is 4.53. The molecule has 6 nitrogen and oxygen atoms in total. The number of sulfone groups is 1. The Bertz CT molecular complexity index is 1030. The van der Waals surface area contributed by atoms with E-state index in [-0.39, 0.29) is 23.7 Å². The van der Waals surface area contributed by atoms with Gasteiger partial charge in [0.15, 0.2) is 20.7 Å². The molecule has 0 saturated heterocycles. The lowest BCUT2D eigenvalue weighted by atomic mass is 10.3. The molecule has 0 N–H and O–H groups in total. The van der Waals surface area contributed by atoms with Crippen molar-refractivity contribution in [3.63, 3.8) is 0 Å². The molecule has 8 heteroatoms. The van der Waals surface area contributed by atoms with Gasteiger partial charge in [-0.1, -0.05) is 48.2 Å². The van der Waals surface area contributed by atoms with Crippen LogP contribution in [0.15, 0.2) is 76.9 Å². The second kappa shape index (κ2) is 9.07. The first-order valence-corrected chi connectivity index (χ1v) is 11.5. The molecule has 0 spiro atoms. The molecule has 0 fully saturated rings. The molecule has 0 aliphatic heterocycles. The Balaban J connectivity index is 1.64. The molecule has 3 rings (SSSR count). The maximum atomic E-state index is 12.5. The first-order chi connectivity index (χ1) is 13.5. The predicted molar refractivity (Wildman–Crippen MR) is 109 cm³/mol. The Hall–Kier alpha value is -2.58. The zero-order chi connectivity index (χ0) is 20.0. The van der Waals surface area contributed by atoms with Crippen LogP contribution in [0.25, 0.3) is 5.69 Å². The first kappa shape index (κ1) is 20.2. The van der Waals surface area contributed by atoms with Gasteiger partial charge in [0.1, 0.15) is 0 Å². The fraction of sp³-hybridized carbons (Fsp3) is 0.200. The summed E-state index contributed by atoms with van der Waals surface area (Å²) in [5.74, 6) is -0.619. The van der Waals surface area contributed by atoms with Crippen molar-refractivity contribution in [2.24, 2.45) is 0 Å². The fourth-order valence-electron chi connectivity index (χ4n) is 2.68. The Kier molecular flexibility index (Phi) is 6.53. The molecule has 146 valence electrons. The number of rotatable bonds is 8.